The van der Waals surface area contributed by atoms with Crippen molar-refractivity contribution in [3.8, 4) is 5.75 Å². The third-order valence-electron chi connectivity index (χ3n) is 4.21. The number of carbonyl (C=O) groups excluding carboxylic acids is 3. The summed E-state index contributed by atoms with van der Waals surface area (Å²) in [4.78, 5) is 36.4. The third kappa shape index (κ3) is 4.82. The van der Waals surface area contributed by atoms with Gasteiger partial charge in [0.05, 0.1) is 23.8 Å². The highest BCUT2D eigenvalue weighted by Crippen LogP contribution is 2.21. The van der Waals surface area contributed by atoms with E-state index in [0.717, 1.165) is 0 Å². The van der Waals surface area contributed by atoms with Crippen LogP contribution in [0.1, 0.15) is 38.0 Å². The van der Waals surface area contributed by atoms with Gasteiger partial charge in [-0.05, 0) is 43.3 Å². The number of nitrogens with one attached hydrogen (secondary N) is 2. The molecule has 0 atom stereocenters. The zero-order valence-corrected chi connectivity index (χ0v) is 16.2. The van der Waals surface area contributed by atoms with Gasteiger partial charge in [-0.25, -0.2) is 0 Å². The van der Waals surface area contributed by atoms with Gasteiger partial charge in [-0.2, -0.15) is 0 Å². The number of para-hydroxylation sites is 2. The van der Waals surface area contributed by atoms with Crippen LogP contribution in [0.2, 0.25) is 0 Å². The molecule has 2 amide bonds. The van der Waals surface area contributed by atoms with E-state index < -0.39 is 11.9 Å². The molecule has 0 aliphatic carbocycles. The lowest BCUT2D eigenvalue weighted by molar-refractivity contribution is -0.254. The summed E-state index contributed by atoms with van der Waals surface area (Å²) < 4.78 is 5.48. The number of hydrogen-bond acceptors (Lipinski definition) is 5. The highest BCUT2D eigenvalue weighted by atomic mass is 16.5. The Hall–Kier alpha value is -4.13. The largest absolute Gasteiger partial charge is 0.545 e. The standard InChI is InChI=1S/C23H20N2O5/c1-2-30-20-13-6-4-11-18(20)22(27)24-16-9-7-8-15(14-16)21(26)25-19-12-5-3-10-17(19)23(28)29/h3-14H,2H2,1H3,(H,24,27)(H,25,26)(H,28,29)/p-1. The van der Waals surface area contributed by atoms with Gasteiger partial charge in [0, 0.05) is 16.8 Å². The minimum Gasteiger partial charge on any atom is -0.545 e. The highest BCUT2D eigenvalue weighted by Gasteiger charge is 2.14. The van der Waals surface area contributed by atoms with Gasteiger partial charge in [0.1, 0.15) is 5.75 Å². The Morgan fingerprint density at radius 3 is 2.27 bits per heavy atom. The molecule has 7 heteroatoms. The van der Waals surface area contributed by atoms with Crippen LogP contribution in [-0.2, 0) is 0 Å². The quantitative estimate of drug-likeness (QED) is 0.631. The number of ether oxygens (including phenoxy) is 1. The Kier molecular flexibility index (Phi) is 6.44. The van der Waals surface area contributed by atoms with E-state index >= 15 is 0 Å². The van der Waals surface area contributed by atoms with Crippen LogP contribution in [0.15, 0.2) is 72.8 Å². The molecule has 0 saturated carbocycles. The molecular weight excluding hydrogens is 384 g/mol. The number of rotatable bonds is 7. The minimum atomic E-state index is -1.39. The van der Waals surface area contributed by atoms with Crippen LogP contribution >= 0.6 is 0 Å². The van der Waals surface area contributed by atoms with E-state index in [-0.39, 0.29) is 22.7 Å². The van der Waals surface area contributed by atoms with Crippen LogP contribution in [0.3, 0.4) is 0 Å². The van der Waals surface area contributed by atoms with E-state index in [4.69, 9.17) is 4.74 Å². The van der Waals surface area contributed by atoms with Gasteiger partial charge in [-0.1, -0.05) is 36.4 Å². The molecule has 3 rings (SSSR count). The Labute approximate surface area is 173 Å². The fraction of sp³-hybridized carbons (Fsp3) is 0.0870. The first-order chi connectivity index (χ1) is 14.5. The number of amides is 2. The first kappa shape index (κ1) is 20.6. The second kappa shape index (κ2) is 9.38. The van der Waals surface area contributed by atoms with Crippen LogP contribution < -0.4 is 20.5 Å². The lowest BCUT2D eigenvalue weighted by Crippen LogP contribution is -2.24. The van der Waals surface area contributed by atoms with Crippen molar-refractivity contribution < 1.29 is 24.2 Å². The molecule has 0 saturated heterocycles. The van der Waals surface area contributed by atoms with Crippen molar-refractivity contribution in [3.05, 3.63) is 89.5 Å². The zero-order chi connectivity index (χ0) is 21.5. The average molecular weight is 403 g/mol. The van der Waals surface area contributed by atoms with E-state index in [0.29, 0.717) is 23.6 Å². The molecular formula is C23H19N2O5-. The van der Waals surface area contributed by atoms with Gasteiger partial charge < -0.3 is 25.3 Å². The van der Waals surface area contributed by atoms with Crippen LogP contribution in [0, 0.1) is 0 Å². The molecule has 3 aromatic rings. The smallest absolute Gasteiger partial charge is 0.259 e. The molecule has 0 heterocycles. The van der Waals surface area contributed by atoms with Gasteiger partial charge >= 0.3 is 0 Å². The van der Waals surface area contributed by atoms with Crippen molar-refractivity contribution >= 4 is 29.2 Å². The first-order valence-electron chi connectivity index (χ1n) is 9.24. The Morgan fingerprint density at radius 2 is 1.53 bits per heavy atom. The molecule has 30 heavy (non-hydrogen) atoms. The first-order valence-corrected chi connectivity index (χ1v) is 9.24. The summed E-state index contributed by atoms with van der Waals surface area (Å²) >= 11 is 0. The lowest BCUT2D eigenvalue weighted by Gasteiger charge is -2.13. The summed E-state index contributed by atoms with van der Waals surface area (Å²) in [5.41, 5.74) is 1.04. The molecule has 0 fully saturated rings. The van der Waals surface area contributed by atoms with Crippen LogP contribution in [-0.4, -0.2) is 24.4 Å². The SMILES string of the molecule is CCOc1ccccc1C(=O)Nc1cccc(C(=O)Nc2ccccc2C(=O)[O-])c1. The van der Waals surface area contributed by atoms with Gasteiger partial charge in [0.15, 0.2) is 0 Å². The van der Waals surface area contributed by atoms with Crippen LogP contribution in [0.25, 0.3) is 0 Å². The van der Waals surface area contributed by atoms with Crippen molar-refractivity contribution in [1.29, 1.82) is 0 Å². The summed E-state index contributed by atoms with van der Waals surface area (Å²) in [6.07, 6.45) is 0. The normalized spacial score (nSPS) is 10.2. The fourth-order valence-corrected chi connectivity index (χ4v) is 2.84. The van der Waals surface area contributed by atoms with Crippen LogP contribution in [0.4, 0.5) is 11.4 Å². The molecule has 0 bridgehead atoms. The predicted molar refractivity (Wildman–Crippen MR) is 111 cm³/mol. The molecule has 0 unspecified atom stereocenters. The van der Waals surface area contributed by atoms with E-state index in [9.17, 15) is 19.5 Å². The lowest BCUT2D eigenvalue weighted by atomic mass is 10.1. The molecule has 0 aliphatic rings. The monoisotopic (exact) mass is 403 g/mol. The minimum absolute atomic E-state index is 0.122. The maximum absolute atomic E-state index is 12.6. The Balaban J connectivity index is 1.77. The maximum Gasteiger partial charge on any atom is 0.259 e. The predicted octanol–water partition coefficient (Wildman–Crippen LogP) is 2.95. The molecule has 152 valence electrons. The topological polar surface area (TPSA) is 108 Å². The van der Waals surface area contributed by atoms with Gasteiger partial charge in [0.2, 0.25) is 0 Å². The number of carbonyl (C=O) groups is 3. The zero-order valence-electron chi connectivity index (χ0n) is 16.2. The Bertz CT molecular complexity index is 1090. The van der Waals surface area contributed by atoms with Crippen molar-refractivity contribution in [2.45, 2.75) is 6.92 Å². The van der Waals surface area contributed by atoms with E-state index in [1.54, 1.807) is 48.5 Å². The number of benzene rings is 3. The van der Waals surface area contributed by atoms with Gasteiger partial charge in [-0.15, -0.1) is 0 Å². The van der Waals surface area contributed by atoms with Crippen molar-refractivity contribution in [3.63, 3.8) is 0 Å². The van der Waals surface area contributed by atoms with E-state index in [1.807, 2.05) is 6.92 Å². The second-order valence-corrected chi connectivity index (χ2v) is 6.25. The molecule has 0 radical (unpaired) electrons. The molecule has 0 aliphatic heterocycles. The second-order valence-electron chi connectivity index (χ2n) is 6.25. The van der Waals surface area contributed by atoms with E-state index in [2.05, 4.69) is 10.6 Å². The fourth-order valence-electron chi connectivity index (χ4n) is 2.84. The third-order valence-corrected chi connectivity index (χ3v) is 4.21. The summed E-state index contributed by atoms with van der Waals surface area (Å²) in [5, 5.41) is 16.5. The molecule has 3 aromatic carbocycles. The summed E-state index contributed by atoms with van der Waals surface area (Å²) in [6.45, 7) is 2.25. The van der Waals surface area contributed by atoms with E-state index in [1.165, 1.54) is 24.3 Å². The Morgan fingerprint density at radius 1 is 0.833 bits per heavy atom. The molecule has 2 N–H and O–H groups in total. The number of carboxylic acid groups (broad SMARTS) is 1. The number of aromatic carboxylic acids is 1. The number of carboxylic acids is 1. The molecule has 0 aromatic heterocycles. The maximum atomic E-state index is 12.6. The summed E-state index contributed by atoms with van der Waals surface area (Å²) in [6, 6.07) is 19.1. The average Bonchev–Trinajstić information content (AvgIpc) is 2.74. The van der Waals surface area contributed by atoms with Crippen molar-refractivity contribution in [1.82, 2.24) is 0 Å². The van der Waals surface area contributed by atoms with Crippen molar-refractivity contribution in [2.75, 3.05) is 17.2 Å². The van der Waals surface area contributed by atoms with Gasteiger partial charge in [-0.3, -0.25) is 9.59 Å². The highest BCUT2D eigenvalue weighted by molar-refractivity contribution is 6.09. The summed E-state index contributed by atoms with van der Waals surface area (Å²) in [5.74, 6) is -1.82. The number of anilines is 2. The molecule has 7 nitrogen and oxygen atoms in total. The van der Waals surface area contributed by atoms with Crippen molar-refractivity contribution in [2.24, 2.45) is 0 Å². The van der Waals surface area contributed by atoms with Gasteiger partial charge in [0.25, 0.3) is 11.8 Å². The number of hydrogen-bond donors (Lipinski definition) is 2. The molecule has 0 spiro atoms. The van der Waals surface area contributed by atoms with Crippen LogP contribution in [0.5, 0.6) is 5.75 Å². The summed E-state index contributed by atoms with van der Waals surface area (Å²) in [7, 11) is 0.